The van der Waals surface area contributed by atoms with Gasteiger partial charge in [-0.05, 0) is 42.0 Å². The van der Waals surface area contributed by atoms with Gasteiger partial charge in [0.1, 0.15) is 18.1 Å². The van der Waals surface area contributed by atoms with Crippen molar-refractivity contribution in [3.8, 4) is 11.5 Å². The highest BCUT2D eigenvalue weighted by molar-refractivity contribution is 5.94. The SMILES string of the molecule is COc1ccccc1NCC(=O)Nc1ccc(OCc2ccccc2)cc1. The summed E-state index contributed by atoms with van der Waals surface area (Å²) in [6.07, 6.45) is 0. The molecule has 0 atom stereocenters. The maximum Gasteiger partial charge on any atom is 0.243 e. The molecular weight excluding hydrogens is 340 g/mol. The second-order valence-electron chi connectivity index (χ2n) is 5.90. The highest BCUT2D eigenvalue weighted by atomic mass is 16.5. The predicted octanol–water partition coefficient (Wildman–Crippen LogP) is 4.32. The average Bonchev–Trinajstić information content (AvgIpc) is 2.72. The van der Waals surface area contributed by atoms with Gasteiger partial charge in [0.2, 0.25) is 5.91 Å². The van der Waals surface area contributed by atoms with Crippen molar-refractivity contribution in [3.63, 3.8) is 0 Å². The first kappa shape index (κ1) is 18.3. The second kappa shape index (κ2) is 9.29. The van der Waals surface area contributed by atoms with E-state index in [1.54, 1.807) is 7.11 Å². The Balaban J connectivity index is 1.48. The van der Waals surface area contributed by atoms with Crippen molar-refractivity contribution in [3.05, 3.63) is 84.4 Å². The van der Waals surface area contributed by atoms with Crippen LogP contribution in [0.3, 0.4) is 0 Å². The summed E-state index contributed by atoms with van der Waals surface area (Å²) >= 11 is 0. The number of carbonyl (C=O) groups is 1. The molecule has 0 aliphatic rings. The average molecular weight is 362 g/mol. The van der Waals surface area contributed by atoms with Crippen LogP contribution >= 0.6 is 0 Å². The Labute approximate surface area is 158 Å². The fourth-order valence-corrected chi connectivity index (χ4v) is 2.55. The van der Waals surface area contributed by atoms with Crippen molar-refractivity contribution in [2.45, 2.75) is 6.61 Å². The van der Waals surface area contributed by atoms with Gasteiger partial charge >= 0.3 is 0 Å². The first-order valence-electron chi connectivity index (χ1n) is 8.68. The molecule has 0 aromatic heterocycles. The van der Waals surface area contributed by atoms with E-state index in [0.29, 0.717) is 18.0 Å². The Hall–Kier alpha value is -3.47. The van der Waals surface area contributed by atoms with Crippen LogP contribution in [-0.2, 0) is 11.4 Å². The molecule has 27 heavy (non-hydrogen) atoms. The third-order valence-corrected chi connectivity index (χ3v) is 3.93. The summed E-state index contributed by atoms with van der Waals surface area (Å²) in [5, 5.41) is 5.93. The van der Waals surface area contributed by atoms with Crippen molar-refractivity contribution in [1.82, 2.24) is 0 Å². The Kier molecular flexibility index (Phi) is 6.30. The van der Waals surface area contributed by atoms with Gasteiger partial charge in [-0.2, -0.15) is 0 Å². The van der Waals surface area contributed by atoms with Gasteiger partial charge in [0.25, 0.3) is 0 Å². The molecular formula is C22H22N2O3. The summed E-state index contributed by atoms with van der Waals surface area (Å²) in [7, 11) is 1.60. The van der Waals surface area contributed by atoms with E-state index >= 15 is 0 Å². The van der Waals surface area contributed by atoms with Crippen molar-refractivity contribution < 1.29 is 14.3 Å². The quantitative estimate of drug-likeness (QED) is 0.626. The van der Waals surface area contributed by atoms with Crippen LogP contribution in [-0.4, -0.2) is 19.6 Å². The maximum absolute atomic E-state index is 12.1. The van der Waals surface area contributed by atoms with E-state index < -0.39 is 0 Å². The molecule has 0 fully saturated rings. The molecule has 5 nitrogen and oxygen atoms in total. The summed E-state index contributed by atoms with van der Waals surface area (Å²) in [5.74, 6) is 1.31. The fourth-order valence-electron chi connectivity index (χ4n) is 2.55. The number of para-hydroxylation sites is 2. The zero-order chi connectivity index (χ0) is 18.9. The predicted molar refractivity (Wildman–Crippen MR) is 107 cm³/mol. The second-order valence-corrected chi connectivity index (χ2v) is 5.90. The smallest absolute Gasteiger partial charge is 0.243 e. The topological polar surface area (TPSA) is 59.6 Å². The lowest BCUT2D eigenvalue weighted by molar-refractivity contribution is -0.114. The van der Waals surface area contributed by atoms with E-state index in [-0.39, 0.29) is 12.5 Å². The van der Waals surface area contributed by atoms with Gasteiger partial charge in [0.05, 0.1) is 19.3 Å². The highest BCUT2D eigenvalue weighted by Gasteiger charge is 2.06. The maximum atomic E-state index is 12.1. The Morgan fingerprint density at radius 2 is 1.59 bits per heavy atom. The van der Waals surface area contributed by atoms with Crippen LogP contribution in [0.1, 0.15) is 5.56 Å². The zero-order valence-corrected chi connectivity index (χ0v) is 15.1. The van der Waals surface area contributed by atoms with E-state index in [1.807, 2.05) is 78.9 Å². The minimum Gasteiger partial charge on any atom is -0.495 e. The number of nitrogens with one attached hydrogen (secondary N) is 2. The van der Waals surface area contributed by atoms with Gasteiger partial charge in [0, 0.05) is 5.69 Å². The number of carbonyl (C=O) groups excluding carboxylic acids is 1. The third kappa shape index (κ3) is 5.51. The molecule has 3 rings (SSSR count). The molecule has 5 heteroatoms. The van der Waals surface area contributed by atoms with E-state index in [0.717, 1.165) is 17.0 Å². The van der Waals surface area contributed by atoms with Crippen molar-refractivity contribution in [1.29, 1.82) is 0 Å². The molecule has 0 aliphatic carbocycles. The van der Waals surface area contributed by atoms with E-state index in [9.17, 15) is 4.79 Å². The van der Waals surface area contributed by atoms with Crippen LogP contribution in [0.25, 0.3) is 0 Å². The minimum absolute atomic E-state index is 0.140. The molecule has 0 aliphatic heterocycles. The van der Waals surface area contributed by atoms with Crippen LogP contribution < -0.4 is 20.1 Å². The third-order valence-electron chi connectivity index (χ3n) is 3.93. The molecule has 138 valence electrons. The molecule has 0 saturated carbocycles. The van der Waals surface area contributed by atoms with E-state index in [1.165, 1.54) is 0 Å². The normalized spacial score (nSPS) is 10.1. The van der Waals surface area contributed by atoms with Crippen LogP contribution in [0, 0.1) is 0 Å². The molecule has 1 amide bonds. The molecule has 0 saturated heterocycles. The molecule has 3 aromatic carbocycles. The van der Waals surface area contributed by atoms with Gasteiger partial charge in [-0.15, -0.1) is 0 Å². The Morgan fingerprint density at radius 3 is 2.33 bits per heavy atom. The molecule has 0 spiro atoms. The lowest BCUT2D eigenvalue weighted by atomic mass is 10.2. The number of amides is 1. The monoisotopic (exact) mass is 362 g/mol. The Bertz CT molecular complexity index is 864. The van der Waals surface area contributed by atoms with Crippen LogP contribution in [0.15, 0.2) is 78.9 Å². The van der Waals surface area contributed by atoms with Crippen molar-refractivity contribution in [2.75, 3.05) is 24.3 Å². The largest absolute Gasteiger partial charge is 0.495 e. The first-order chi connectivity index (χ1) is 13.2. The standard InChI is InChI=1S/C22H22N2O3/c1-26-21-10-6-5-9-20(21)23-15-22(25)24-18-11-13-19(14-12-18)27-16-17-7-3-2-4-8-17/h2-14,23H,15-16H2,1H3,(H,24,25). The number of benzene rings is 3. The highest BCUT2D eigenvalue weighted by Crippen LogP contribution is 2.22. The molecule has 0 unspecified atom stereocenters. The van der Waals surface area contributed by atoms with Crippen LogP contribution in [0.2, 0.25) is 0 Å². The van der Waals surface area contributed by atoms with Gasteiger partial charge in [-0.1, -0.05) is 42.5 Å². The van der Waals surface area contributed by atoms with Gasteiger partial charge in [0.15, 0.2) is 0 Å². The van der Waals surface area contributed by atoms with E-state index in [2.05, 4.69) is 10.6 Å². The summed E-state index contributed by atoms with van der Waals surface area (Å²) < 4.78 is 11.0. The molecule has 0 bridgehead atoms. The summed E-state index contributed by atoms with van der Waals surface area (Å²) in [6.45, 7) is 0.655. The summed E-state index contributed by atoms with van der Waals surface area (Å²) in [4.78, 5) is 12.1. The number of hydrogen-bond acceptors (Lipinski definition) is 4. The number of methoxy groups -OCH3 is 1. The fraction of sp³-hybridized carbons (Fsp3) is 0.136. The number of anilines is 2. The van der Waals surface area contributed by atoms with Gasteiger partial charge in [-0.3, -0.25) is 4.79 Å². The first-order valence-corrected chi connectivity index (χ1v) is 8.68. The van der Waals surface area contributed by atoms with Crippen molar-refractivity contribution in [2.24, 2.45) is 0 Å². The summed E-state index contributed by atoms with van der Waals surface area (Å²) in [5.41, 5.74) is 2.60. The zero-order valence-electron chi connectivity index (χ0n) is 15.1. The number of hydrogen-bond donors (Lipinski definition) is 2. The van der Waals surface area contributed by atoms with Gasteiger partial charge in [-0.25, -0.2) is 0 Å². The number of rotatable bonds is 8. The molecule has 0 radical (unpaired) electrons. The molecule has 3 aromatic rings. The van der Waals surface area contributed by atoms with Gasteiger partial charge < -0.3 is 20.1 Å². The number of ether oxygens (including phenoxy) is 2. The Morgan fingerprint density at radius 1 is 0.889 bits per heavy atom. The van der Waals surface area contributed by atoms with Crippen LogP contribution in [0.5, 0.6) is 11.5 Å². The van der Waals surface area contributed by atoms with Crippen molar-refractivity contribution >= 4 is 17.3 Å². The minimum atomic E-state index is -0.140. The summed E-state index contributed by atoms with van der Waals surface area (Å²) in [6, 6.07) is 24.8. The molecule has 0 heterocycles. The molecule has 2 N–H and O–H groups in total. The lowest BCUT2D eigenvalue weighted by Crippen LogP contribution is -2.21. The lowest BCUT2D eigenvalue weighted by Gasteiger charge is -2.11. The van der Waals surface area contributed by atoms with Crippen LogP contribution in [0.4, 0.5) is 11.4 Å². The van der Waals surface area contributed by atoms with E-state index in [4.69, 9.17) is 9.47 Å².